The molecular formula is C12H14N2. The third kappa shape index (κ3) is 1.01. The van der Waals surface area contributed by atoms with E-state index in [-0.39, 0.29) is 5.54 Å². The number of aromatic nitrogens is 1. The van der Waals surface area contributed by atoms with Gasteiger partial charge >= 0.3 is 0 Å². The van der Waals surface area contributed by atoms with Crippen LogP contribution in [0.5, 0.6) is 0 Å². The highest BCUT2D eigenvalue weighted by Crippen LogP contribution is 2.39. The standard InChI is InChI=1S/C12H14N2/c13-12(5-1-6-12)10-2-3-11-9(8-10)4-7-14-11/h2-4,7-8,14H,1,5-6,13H2. The monoisotopic (exact) mass is 186 g/mol. The van der Waals surface area contributed by atoms with Gasteiger partial charge in [-0.2, -0.15) is 0 Å². The number of nitrogens with one attached hydrogen (secondary N) is 1. The maximum absolute atomic E-state index is 6.27. The number of benzene rings is 1. The molecule has 0 bridgehead atoms. The lowest BCUT2D eigenvalue weighted by Gasteiger charge is -2.38. The Kier molecular flexibility index (Phi) is 1.50. The number of aromatic amines is 1. The van der Waals surface area contributed by atoms with Gasteiger partial charge in [0.15, 0.2) is 0 Å². The van der Waals surface area contributed by atoms with Gasteiger partial charge in [-0.15, -0.1) is 0 Å². The molecule has 2 heteroatoms. The molecule has 1 aromatic carbocycles. The first-order valence-electron chi connectivity index (χ1n) is 5.14. The molecule has 72 valence electrons. The number of fused-ring (bicyclic) bond motifs is 1. The molecule has 2 aromatic rings. The van der Waals surface area contributed by atoms with E-state index in [2.05, 4.69) is 29.2 Å². The van der Waals surface area contributed by atoms with Gasteiger partial charge in [0, 0.05) is 17.3 Å². The molecule has 1 saturated carbocycles. The van der Waals surface area contributed by atoms with Crippen molar-refractivity contribution in [3.05, 3.63) is 36.0 Å². The van der Waals surface area contributed by atoms with Gasteiger partial charge in [0.25, 0.3) is 0 Å². The second kappa shape index (κ2) is 2.61. The van der Waals surface area contributed by atoms with E-state index in [0.717, 1.165) is 12.8 Å². The van der Waals surface area contributed by atoms with Crippen LogP contribution in [-0.2, 0) is 5.54 Å². The number of hydrogen-bond donors (Lipinski definition) is 2. The van der Waals surface area contributed by atoms with Crippen LogP contribution in [0.1, 0.15) is 24.8 Å². The molecule has 1 aliphatic carbocycles. The van der Waals surface area contributed by atoms with Gasteiger partial charge in [0.05, 0.1) is 0 Å². The first-order chi connectivity index (χ1) is 6.78. The van der Waals surface area contributed by atoms with Crippen molar-refractivity contribution in [1.29, 1.82) is 0 Å². The van der Waals surface area contributed by atoms with E-state index in [1.165, 1.54) is 22.9 Å². The van der Waals surface area contributed by atoms with Gasteiger partial charge in [-0.05, 0) is 48.4 Å². The molecule has 1 heterocycles. The number of nitrogens with two attached hydrogens (primary N) is 1. The maximum atomic E-state index is 6.27. The van der Waals surface area contributed by atoms with Crippen LogP contribution in [0, 0.1) is 0 Å². The molecule has 0 saturated heterocycles. The first kappa shape index (κ1) is 8.06. The Labute approximate surface area is 83.1 Å². The molecule has 0 atom stereocenters. The Morgan fingerprint density at radius 1 is 1.21 bits per heavy atom. The highest BCUT2D eigenvalue weighted by molar-refractivity contribution is 5.80. The van der Waals surface area contributed by atoms with Crippen LogP contribution in [-0.4, -0.2) is 4.98 Å². The molecule has 0 spiro atoms. The minimum absolute atomic E-state index is 0.0363. The van der Waals surface area contributed by atoms with Crippen molar-refractivity contribution in [3.8, 4) is 0 Å². The van der Waals surface area contributed by atoms with Gasteiger partial charge in [0.2, 0.25) is 0 Å². The van der Waals surface area contributed by atoms with Crippen LogP contribution in [0.3, 0.4) is 0 Å². The van der Waals surface area contributed by atoms with Crippen molar-refractivity contribution in [2.75, 3.05) is 0 Å². The normalized spacial score (nSPS) is 19.5. The lowest BCUT2D eigenvalue weighted by Crippen LogP contribution is -2.43. The van der Waals surface area contributed by atoms with E-state index in [9.17, 15) is 0 Å². The largest absolute Gasteiger partial charge is 0.361 e. The molecule has 0 amide bonds. The van der Waals surface area contributed by atoms with Crippen molar-refractivity contribution < 1.29 is 0 Å². The average Bonchev–Trinajstić information content (AvgIpc) is 2.60. The fourth-order valence-corrected chi connectivity index (χ4v) is 2.21. The van der Waals surface area contributed by atoms with Gasteiger partial charge in [-0.1, -0.05) is 6.07 Å². The zero-order valence-corrected chi connectivity index (χ0v) is 8.09. The summed E-state index contributed by atoms with van der Waals surface area (Å²) in [6.45, 7) is 0. The average molecular weight is 186 g/mol. The Hall–Kier alpha value is -1.28. The zero-order valence-electron chi connectivity index (χ0n) is 8.09. The summed E-state index contributed by atoms with van der Waals surface area (Å²) in [5.74, 6) is 0. The molecule has 0 aliphatic heterocycles. The second-order valence-corrected chi connectivity index (χ2v) is 4.29. The summed E-state index contributed by atoms with van der Waals surface area (Å²) in [5.41, 5.74) is 8.72. The first-order valence-corrected chi connectivity index (χ1v) is 5.14. The van der Waals surface area contributed by atoms with Gasteiger partial charge < -0.3 is 10.7 Å². The van der Waals surface area contributed by atoms with Gasteiger partial charge in [0.1, 0.15) is 0 Å². The van der Waals surface area contributed by atoms with Gasteiger partial charge in [-0.3, -0.25) is 0 Å². The fraction of sp³-hybridized carbons (Fsp3) is 0.333. The predicted molar refractivity (Wildman–Crippen MR) is 58.0 cm³/mol. The van der Waals surface area contributed by atoms with E-state index in [1.807, 2.05) is 6.20 Å². The fourth-order valence-electron chi connectivity index (χ4n) is 2.21. The molecule has 1 fully saturated rings. The smallest absolute Gasteiger partial charge is 0.0454 e. The van der Waals surface area contributed by atoms with Gasteiger partial charge in [-0.25, -0.2) is 0 Å². The lowest BCUT2D eigenvalue weighted by atomic mass is 9.72. The predicted octanol–water partition coefficient (Wildman–Crippen LogP) is 2.51. The summed E-state index contributed by atoms with van der Waals surface area (Å²) in [4.78, 5) is 3.19. The van der Waals surface area contributed by atoms with Crippen molar-refractivity contribution in [2.45, 2.75) is 24.8 Å². The SMILES string of the molecule is NC1(c2ccc3[nH]ccc3c2)CCC1. The molecule has 3 N–H and O–H groups in total. The molecule has 14 heavy (non-hydrogen) atoms. The Bertz CT molecular complexity index is 466. The summed E-state index contributed by atoms with van der Waals surface area (Å²) in [6.07, 6.45) is 5.49. The summed E-state index contributed by atoms with van der Waals surface area (Å²) < 4.78 is 0. The van der Waals surface area contributed by atoms with Crippen LogP contribution < -0.4 is 5.73 Å². The highest BCUT2D eigenvalue weighted by atomic mass is 14.8. The van der Waals surface area contributed by atoms with Crippen LogP contribution >= 0.6 is 0 Å². The minimum Gasteiger partial charge on any atom is -0.361 e. The lowest BCUT2D eigenvalue weighted by molar-refractivity contribution is 0.254. The number of H-pyrrole nitrogens is 1. The summed E-state index contributed by atoms with van der Waals surface area (Å²) in [7, 11) is 0. The Morgan fingerprint density at radius 2 is 2.07 bits per heavy atom. The van der Waals surface area contributed by atoms with E-state index in [1.54, 1.807) is 0 Å². The summed E-state index contributed by atoms with van der Waals surface area (Å²) in [6, 6.07) is 8.58. The Morgan fingerprint density at radius 3 is 2.79 bits per heavy atom. The maximum Gasteiger partial charge on any atom is 0.0454 e. The van der Waals surface area contributed by atoms with Crippen molar-refractivity contribution in [3.63, 3.8) is 0 Å². The van der Waals surface area contributed by atoms with E-state index >= 15 is 0 Å². The number of rotatable bonds is 1. The van der Waals surface area contributed by atoms with Crippen LogP contribution in [0.15, 0.2) is 30.5 Å². The molecule has 1 aromatic heterocycles. The van der Waals surface area contributed by atoms with Crippen molar-refractivity contribution in [2.24, 2.45) is 5.73 Å². The number of hydrogen-bond acceptors (Lipinski definition) is 1. The summed E-state index contributed by atoms with van der Waals surface area (Å²) in [5, 5.41) is 1.26. The van der Waals surface area contributed by atoms with E-state index < -0.39 is 0 Å². The third-order valence-corrected chi connectivity index (χ3v) is 3.37. The highest BCUT2D eigenvalue weighted by Gasteiger charge is 2.34. The topological polar surface area (TPSA) is 41.8 Å². The summed E-state index contributed by atoms with van der Waals surface area (Å²) >= 11 is 0. The van der Waals surface area contributed by atoms with Crippen molar-refractivity contribution >= 4 is 10.9 Å². The van der Waals surface area contributed by atoms with E-state index in [4.69, 9.17) is 5.73 Å². The molecule has 2 nitrogen and oxygen atoms in total. The molecule has 0 radical (unpaired) electrons. The third-order valence-electron chi connectivity index (χ3n) is 3.37. The molecule has 3 rings (SSSR count). The van der Waals surface area contributed by atoms with Crippen LogP contribution in [0.25, 0.3) is 10.9 Å². The quantitative estimate of drug-likeness (QED) is 0.706. The van der Waals surface area contributed by atoms with E-state index in [0.29, 0.717) is 0 Å². The van der Waals surface area contributed by atoms with Crippen LogP contribution in [0.2, 0.25) is 0 Å². The van der Waals surface area contributed by atoms with Crippen molar-refractivity contribution in [1.82, 2.24) is 4.98 Å². The van der Waals surface area contributed by atoms with Crippen LogP contribution in [0.4, 0.5) is 0 Å². The Balaban J connectivity index is 2.13. The molecular weight excluding hydrogens is 172 g/mol. The zero-order chi connectivity index (χ0) is 9.60. The molecule has 0 unspecified atom stereocenters. The molecule has 1 aliphatic rings. The minimum atomic E-state index is -0.0363. The second-order valence-electron chi connectivity index (χ2n) is 4.29.